The third-order valence-electron chi connectivity index (χ3n) is 2.02. The van der Waals surface area contributed by atoms with Crippen molar-refractivity contribution >= 4 is 17.7 Å². The summed E-state index contributed by atoms with van der Waals surface area (Å²) in [6.07, 6.45) is -0.454. The number of hydrogen-bond donors (Lipinski definition) is 2. The maximum Gasteiger partial charge on any atom is 0.321 e. The van der Waals surface area contributed by atoms with Crippen LogP contribution in [0.25, 0.3) is 0 Å². The average molecular weight is 205 g/mol. The number of hydrogen-bond acceptors (Lipinski definition) is 4. The molecular weight excluding hydrogens is 190 g/mol. The molecule has 1 heterocycles. The Morgan fingerprint density at radius 3 is 3.00 bits per heavy atom. The molecule has 0 aromatic carbocycles. The van der Waals surface area contributed by atoms with Crippen LogP contribution in [0.5, 0.6) is 0 Å². The van der Waals surface area contributed by atoms with Crippen LogP contribution < -0.4 is 0 Å². The van der Waals surface area contributed by atoms with Gasteiger partial charge in [0.1, 0.15) is 6.04 Å². The lowest BCUT2D eigenvalue weighted by atomic mass is 10.2. The van der Waals surface area contributed by atoms with E-state index in [-0.39, 0.29) is 0 Å². The fourth-order valence-electron chi connectivity index (χ4n) is 1.42. The van der Waals surface area contributed by atoms with E-state index < -0.39 is 18.1 Å². The zero-order valence-corrected chi connectivity index (χ0v) is 8.46. The number of carboxylic acids is 1. The number of carboxylic acid groups (broad SMARTS) is 1. The van der Waals surface area contributed by atoms with Crippen molar-refractivity contribution in [2.24, 2.45) is 0 Å². The fraction of sp³-hybridized carbons (Fsp3) is 0.875. The first-order valence-electron chi connectivity index (χ1n) is 4.34. The molecule has 1 rings (SSSR count). The zero-order valence-electron chi connectivity index (χ0n) is 7.64. The van der Waals surface area contributed by atoms with Gasteiger partial charge in [0.15, 0.2) is 0 Å². The average Bonchev–Trinajstić information content (AvgIpc) is 2.03. The van der Waals surface area contributed by atoms with Crippen LogP contribution in [0, 0.1) is 0 Å². The Hall–Kier alpha value is -0.260. The van der Waals surface area contributed by atoms with Crippen LogP contribution in [0.1, 0.15) is 6.92 Å². The standard InChI is InChI=1S/C8H15NO3S/c1-6(10)4-9-2-3-13-5-7(9)8(11)12/h6-7,10H,2-5H2,1H3,(H,11,12). The summed E-state index contributed by atoms with van der Waals surface area (Å²) in [7, 11) is 0. The molecule has 2 atom stereocenters. The molecule has 0 spiro atoms. The Kier molecular flexibility index (Phi) is 4.02. The lowest BCUT2D eigenvalue weighted by Gasteiger charge is -2.33. The van der Waals surface area contributed by atoms with E-state index >= 15 is 0 Å². The molecule has 4 nitrogen and oxygen atoms in total. The van der Waals surface area contributed by atoms with Crippen molar-refractivity contribution in [2.45, 2.75) is 19.1 Å². The number of thioether (sulfide) groups is 1. The minimum absolute atomic E-state index is 0.423. The molecule has 0 amide bonds. The molecule has 0 saturated carbocycles. The predicted octanol–water partition coefficient (Wildman–Crippen LogP) is -0.131. The van der Waals surface area contributed by atoms with Gasteiger partial charge in [0.2, 0.25) is 0 Å². The van der Waals surface area contributed by atoms with E-state index in [1.165, 1.54) is 0 Å². The molecule has 1 fully saturated rings. The second kappa shape index (κ2) is 4.83. The van der Waals surface area contributed by atoms with Crippen molar-refractivity contribution in [1.82, 2.24) is 4.90 Å². The summed E-state index contributed by atoms with van der Waals surface area (Å²) in [4.78, 5) is 12.6. The van der Waals surface area contributed by atoms with Crippen molar-refractivity contribution in [3.8, 4) is 0 Å². The Morgan fingerprint density at radius 2 is 2.46 bits per heavy atom. The molecule has 0 bridgehead atoms. The van der Waals surface area contributed by atoms with E-state index in [0.29, 0.717) is 12.3 Å². The van der Waals surface area contributed by atoms with Gasteiger partial charge in [-0.25, -0.2) is 0 Å². The normalized spacial score (nSPS) is 27.1. The van der Waals surface area contributed by atoms with Gasteiger partial charge in [-0.3, -0.25) is 9.69 Å². The molecule has 1 aliphatic rings. The van der Waals surface area contributed by atoms with Crippen LogP contribution >= 0.6 is 11.8 Å². The summed E-state index contributed by atoms with van der Waals surface area (Å²) in [6.45, 7) is 2.89. The fourth-order valence-corrected chi connectivity index (χ4v) is 2.53. The van der Waals surface area contributed by atoms with Gasteiger partial charge in [-0.05, 0) is 6.92 Å². The molecule has 0 aromatic rings. The van der Waals surface area contributed by atoms with E-state index in [9.17, 15) is 4.79 Å². The minimum atomic E-state index is -0.784. The molecule has 1 saturated heterocycles. The highest BCUT2D eigenvalue weighted by Gasteiger charge is 2.29. The third kappa shape index (κ3) is 3.17. The topological polar surface area (TPSA) is 60.8 Å². The van der Waals surface area contributed by atoms with Gasteiger partial charge in [0.25, 0.3) is 0 Å². The van der Waals surface area contributed by atoms with Crippen LogP contribution in [0.2, 0.25) is 0 Å². The van der Waals surface area contributed by atoms with Gasteiger partial charge in [-0.2, -0.15) is 11.8 Å². The van der Waals surface area contributed by atoms with Crippen LogP contribution in [0.15, 0.2) is 0 Å². The maximum absolute atomic E-state index is 10.8. The van der Waals surface area contributed by atoms with E-state index in [2.05, 4.69) is 0 Å². The summed E-state index contributed by atoms with van der Waals surface area (Å²) in [5.74, 6) is 0.798. The Bertz CT molecular complexity index is 186. The number of rotatable bonds is 3. The molecule has 5 heteroatoms. The van der Waals surface area contributed by atoms with Gasteiger partial charge >= 0.3 is 5.97 Å². The van der Waals surface area contributed by atoms with E-state index in [1.807, 2.05) is 4.90 Å². The van der Waals surface area contributed by atoms with Gasteiger partial charge in [0, 0.05) is 24.6 Å². The van der Waals surface area contributed by atoms with Gasteiger partial charge in [-0.15, -0.1) is 0 Å². The smallest absolute Gasteiger partial charge is 0.321 e. The molecule has 0 radical (unpaired) electrons. The molecule has 2 unspecified atom stereocenters. The van der Waals surface area contributed by atoms with Crippen LogP contribution in [0.3, 0.4) is 0 Å². The third-order valence-corrected chi connectivity index (χ3v) is 3.05. The summed E-state index contributed by atoms with van der Waals surface area (Å²) in [5, 5.41) is 18.0. The molecule has 2 N–H and O–H groups in total. The molecule has 13 heavy (non-hydrogen) atoms. The van der Waals surface area contributed by atoms with E-state index in [0.717, 1.165) is 12.3 Å². The largest absolute Gasteiger partial charge is 0.480 e. The van der Waals surface area contributed by atoms with Crippen LogP contribution in [0.4, 0.5) is 0 Å². The molecule has 1 aliphatic heterocycles. The highest BCUT2D eigenvalue weighted by molar-refractivity contribution is 7.99. The van der Waals surface area contributed by atoms with Crippen molar-refractivity contribution in [2.75, 3.05) is 24.6 Å². The predicted molar refractivity (Wildman–Crippen MR) is 52.0 cm³/mol. The van der Waals surface area contributed by atoms with Gasteiger partial charge in [0.05, 0.1) is 6.10 Å². The van der Waals surface area contributed by atoms with E-state index in [1.54, 1.807) is 18.7 Å². The SMILES string of the molecule is CC(O)CN1CCSCC1C(=O)O. The Labute approximate surface area is 81.9 Å². The highest BCUT2D eigenvalue weighted by Crippen LogP contribution is 2.16. The van der Waals surface area contributed by atoms with Gasteiger partial charge in [-0.1, -0.05) is 0 Å². The molecular formula is C8H15NO3S. The van der Waals surface area contributed by atoms with Crippen molar-refractivity contribution in [1.29, 1.82) is 0 Å². The zero-order chi connectivity index (χ0) is 9.84. The number of β-amino-alcohol motifs (C(OH)–C–C–N with tert-alkyl or cyclic N) is 1. The molecule has 0 aromatic heterocycles. The summed E-state index contributed by atoms with van der Waals surface area (Å²) in [6, 6.07) is -0.423. The summed E-state index contributed by atoms with van der Waals surface area (Å²) in [5.41, 5.74) is 0. The molecule has 76 valence electrons. The number of aliphatic hydroxyl groups is 1. The first-order valence-corrected chi connectivity index (χ1v) is 5.49. The summed E-state index contributed by atoms with van der Waals surface area (Å²) >= 11 is 1.66. The van der Waals surface area contributed by atoms with Gasteiger partial charge < -0.3 is 10.2 Å². The van der Waals surface area contributed by atoms with Crippen LogP contribution in [-0.4, -0.2) is 57.8 Å². The Morgan fingerprint density at radius 1 is 1.77 bits per heavy atom. The number of aliphatic carboxylic acids is 1. The second-order valence-corrected chi connectivity index (χ2v) is 4.42. The lowest BCUT2D eigenvalue weighted by Crippen LogP contribution is -2.49. The highest BCUT2D eigenvalue weighted by atomic mass is 32.2. The van der Waals surface area contributed by atoms with Crippen molar-refractivity contribution in [3.63, 3.8) is 0 Å². The first kappa shape index (κ1) is 10.8. The second-order valence-electron chi connectivity index (χ2n) is 3.27. The van der Waals surface area contributed by atoms with Crippen molar-refractivity contribution < 1.29 is 15.0 Å². The number of carbonyl (C=O) groups is 1. The minimum Gasteiger partial charge on any atom is -0.480 e. The number of aliphatic hydroxyl groups excluding tert-OH is 1. The maximum atomic E-state index is 10.8. The van der Waals surface area contributed by atoms with Crippen LogP contribution in [-0.2, 0) is 4.79 Å². The Balaban J connectivity index is 2.51. The monoisotopic (exact) mass is 205 g/mol. The number of nitrogens with zero attached hydrogens (tertiary/aromatic N) is 1. The summed E-state index contributed by atoms with van der Waals surface area (Å²) < 4.78 is 0. The van der Waals surface area contributed by atoms with Crippen molar-refractivity contribution in [3.05, 3.63) is 0 Å². The lowest BCUT2D eigenvalue weighted by molar-refractivity contribution is -0.142. The first-order chi connectivity index (χ1) is 6.11. The molecule has 0 aliphatic carbocycles. The van der Waals surface area contributed by atoms with E-state index in [4.69, 9.17) is 10.2 Å². The quantitative estimate of drug-likeness (QED) is 0.672.